The molecular weight excluding hydrogens is 273 g/mol. The first-order valence-corrected chi connectivity index (χ1v) is 7.10. The fraction of sp³-hybridized carbons (Fsp3) is 0. The first-order chi connectivity index (χ1) is 10.9. The molecule has 3 aromatic carbocycles. The molecule has 22 heavy (non-hydrogen) atoms. The molecule has 4 heteroatoms. The molecule has 0 aliphatic rings. The Bertz CT molecular complexity index is 947. The summed E-state index contributed by atoms with van der Waals surface area (Å²) in [5.41, 5.74) is 3.25. The number of nitrogens with zero attached hydrogens (tertiary/aromatic N) is 1. The van der Waals surface area contributed by atoms with Crippen molar-refractivity contribution >= 4 is 29.5 Å². The van der Waals surface area contributed by atoms with Crippen molar-refractivity contribution < 1.29 is 9.68 Å². The zero-order chi connectivity index (χ0) is 14.9. The maximum Gasteiger partial charge on any atom is 0.569 e. The first-order valence-electron chi connectivity index (χ1n) is 7.10. The molecular formula is C18H13BNO2. The van der Waals surface area contributed by atoms with Gasteiger partial charge in [0.2, 0.25) is 0 Å². The van der Waals surface area contributed by atoms with Gasteiger partial charge in [0.15, 0.2) is 0 Å². The molecule has 3 nitrogen and oxygen atoms in total. The summed E-state index contributed by atoms with van der Waals surface area (Å²) in [5, 5.41) is 11.1. The van der Waals surface area contributed by atoms with Gasteiger partial charge in [-0.25, -0.2) is 0 Å². The molecule has 0 saturated heterocycles. The average Bonchev–Trinajstić information content (AvgIpc) is 2.91. The Labute approximate surface area is 128 Å². The summed E-state index contributed by atoms with van der Waals surface area (Å²) in [6.07, 6.45) is 0. The highest BCUT2D eigenvalue weighted by atomic mass is 16.5. The molecule has 0 aliphatic heterocycles. The highest BCUT2D eigenvalue weighted by Gasteiger charge is 2.15. The van der Waals surface area contributed by atoms with E-state index in [1.54, 1.807) is 0 Å². The van der Waals surface area contributed by atoms with E-state index in [1.807, 2.05) is 42.5 Å². The largest absolute Gasteiger partial charge is 0.569 e. The number of fused-ring (bicyclic) bond motifs is 3. The molecule has 0 spiro atoms. The monoisotopic (exact) mass is 286 g/mol. The maximum atomic E-state index is 9.02. The molecule has 4 aromatic rings. The summed E-state index contributed by atoms with van der Waals surface area (Å²) < 4.78 is 7.50. The van der Waals surface area contributed by atoms with Crippen molar-refractivity contribution in [1.29, 1.82) is 0 Å². The third-order valence-corrected chi connectivity index (χ3v) is 3.85. The van der Waals surface area contributed by atoms with Crippen molar-refractivity contribution in [2.75, 3.05) is 0 Å². The second-order valence-electron chi connectivity index (χ2n) is 5.06. The van der Waals surface area contributed by atoms with Gasteiger partial charge in [0.1, 0.15) is 5.75 Å². The molecule has 0 aliphatic carbocycles. The normalized spacial score (nSPS) is 11.0. The summed E-state index contributed by atoms with van der Waals surface area (Å²) in [6, 6.07) is 24.3. The van der Waals surface area contributed by atoms with Crippen molar-refractivity contribution in [3.63, 3.8) is 0 Å². The van der Waals surface area contributed by atoms with E-state index in [1.165, 1.54) is 0 Å². The van der Waals surface area contributed by atoms with Crippen LogP contribution in [0.1, 0.15) is 0 Å². The van der Waals surface area contributed by atoms with Gasteiger partial charge in [-0.3, -0.25) is 0 Å². The summed E-state index contributed by atoms with van der Waals surface area (Å²) in [4.78, 5) is 0. The Kier molecular flexibility index (Phi) is 3.09. The Morgan fingerprint density at radius 1 is 0.773 bits per heavy atom. The summed E-state index contributed by atoms with van der Waals surface area (Å²) >= 11 is 0. The standard InChI is InChI=1S/C18H13BNO2/c21-19-22-17-12-6-11-16-18(17)14-9-4-5-10-15(14)20(16)13-7-2-1-3-8-13/h1-12,21H. The third-order valence-electron chi connectivity index (χ3n) is 3.85. The lowest BCUT2D eigenvalue weighted by Crippen LogP contribution is -2.00. The predicted octanol–water partition coefficient (Wildman–Crippen LogP) is 3.69. The Morgan fingerprint density at radius 3 is 2.32 bits per heavy atom. The average molecular weight is 286 g/mol. The highest BCUT2D eigenvalue weighted by Crippen LogP contribution is 2.37. The second-order valence-corrected chi connectivity index (χ2v) is 5.06. The van der Waals surface area contributed by atoms with E-state index in [2.05, 4.69) is 34.9 Å². The quantitative estimate of drug-likeness (QED) is 0.583. The van der Waals surface area contributed by atoms with Gasteiger partial charge in [-0.2, -0.15) is 0 Å². The fourth-order valence-corrected chi connectivity index (χ4v) is 3.00. The van der Waals surface area contributed by atoms with Crippen LogP contribution in [0.3, 0.4) is 0 Å². The molecule has 0 fully saturated rings. The topological polar surface area (TPSA) is 34.4 Å². The lowest BCUT2D eigenvalue weighted by atomic mass is 10.1. The minimum atomic E-state index is 0.644. The van der Waals surface area contributed by atoms with Crippen molar-refractivity contribution in [1.82, 2.24) is 4.57 Å². The zero-order valence-electron chi connectivity index (χ0n) is 11.8. The van der Waals surface area contributed by atoms with Crippen molar-refractivity contribution in [2.24, 2.45) is 0 Å². The Hall–Kier alpha value is -2.72. The van der Waals surface area contributed by atoms with Crippen LogP contribution in [-0.2, 0) is 0 Å². The molecule has 1 N–H and O–H groups in total. The molecule has 1 heterocycles. The number of aromatic nitrogens is 1. The van der Waals surface area contributed by atoms with Gasteiger partial charge >= 0.3 is 7.69 Å². The molecule has 1 aromatic heterocycles. The Balaban J connectivity index is 2.17. The number of rotatable bonds is 3. The fourth-order valence-electron chi connectivity index (χ4n) is 3.00. The van der Waals surface area contributed by atoms with Crippen LogP contribution >= 0.6 is 0 Å². The summed E-state index contributed by atoms with van der Waals surface area (Å²) in [7, 11) is 0.726. The van der Waals surface area contributed by atoms with Gasteiger partial charge in [-0.1, -0.05) is 42.5 Å². The molecule has 105 valence electrons. The van der Waals surface area contributed by atoms with E-state index < -0.39 is 0 Å². The van der Waals surface area contributed by atoms with Crippen molar-refractivity contribution in [3.8, 4) is 11.4 Å². The molecule has 0 unspecified atom stereocenters. The first kappa shape index (κ1) is 13.0. The van der Waals surface area contributed by atoms with E-state index >= 15 is 0 Å². The molecule has 0 amide bonds. The number of hydrogen-bond acceptors (Lipinski definition) is 2. The minimum Gasteiger partial charge on any atom is -0.537 e. The minimum absolute atomic E-state index is 0.644. The SMILES string of the molecule is O[B]Oc1cccc2c1c1ccccc1n2-c1ccccc1. The van der Waals surface area contributed by atoms with Crippen LogP contribution in [0.4, 0.5) is 0 Å². The van der Waals surface area contributed by atoms with Crippen LogP contribution in [0, 0.1) is 0 Å². The predicted molar refractivity (Wildman–Crippen MR) is 89.4 cm³/mol. The van der Waals surface area contributed by atoms with E-state index in [0.29, 0.717) is 5.75 Å². The molecule has 4 rings (SSSR count). The van der Waals surface area contributed by atoms with Crippen LogP contribution in [-0.4, -0.2) is 17.3 Å². The van der Waals surface area contributed by atoms with Gasteiger partial charge in [0.05, 0.1) is 11.0 Å². The van der Waals surface area contributed by atoms with Crippen molar-refractivity contribution in [3.05, 3.63) is 72.8 Å². The third kappa shape index (κ3) is 1.89. The molecule has 1 radical (unpaired) electrons. The van der Waals surface area contributed by atoms with Gasteiger partial charge < -0.3 is 14.2 Å². The van der Waals surface area contributed by atoms with E-state index in [0.717, 1.165) is 35.2 Å². The molecule has 0 atom stereocenters. The second kappa shape index (κ2) is 5.24. The van der Waals surface area contributed by atoms with Crippen LogP contribution in [0.15, 0.2) is 72.8 Å². The van der Waals surface area contributed by atoms with E-state index in [4.69, 9.17) is 9.68 Å². The molecule has 0 saturated carbocycles. The van der Waals surface area contributed by atoms with Gasteiger partial charge in [0.25, 0.3) is 0 Å². The highest BCUT2D eigenvalue weighted by molar-refractivity contribution is 6.20. The Morgan fingerprint density at radius 2 is 1.50 bits per heavy atom. The van der Waals surface area contributed by atoms with Gasteiger partial charge in [-0.15, -0.1) is 0 Å². The molecule has 0 bridgehead atoms. The summed E-state index contributed by atoms with van der Waals surface area (Å²) in [5.74, 6) is 0.644. The number of hydrogen-bond donors (Lipinski definition) is 1. The zero-order valence-corrected chi connectivity index (χ0v) is 11.8. The van der Waals surface area contributed by atoms with Crippen LogP contribution in [0.5, 0.6) is 5.75 Å². The lowest BCUT2D eigenvalue weighted by Gasteiger charge is -2.08. The smallest absolute Gasteiger partial charge is 0.537 e. The lowest BCUT2D eigenvalue weighted by molar-refractivity contribution is 0.457. The van der Waals surface area contributed by atoms with Crippen LogP contribution in [0.2, 0.25) is 0 Å². The van der Waals surface area contributed by atoms with Gasteiger partial charge in [0, 0.05) is 16.5 Å². The number of para-hydroxylation sites is 2. The van der Waals surface area contributed by atoms with Crippen LogP contribution < -0.4 is 4.65 Å². The van der Waals surface area contributed by atoms with Gasteiger partial charge in [-0.05, 0) is 30.3 Å². The van der Waals surface area contributed by atoms with Crippen molar-refractivity contribution in [2.45, 2.75) is 0 Å². The van der Waals surface area contributed by atoms with E-state index in [9.17, 15) is 0 Å². The maximum absolute atomic E-state index is 9.02. The van der Waals surface area contributed by atoms with Crippen LogP contribution in [0.25, 0.3) is 27.5 Å². The van der Waals surface area contributed by atoms with E-state index in [-0.39, 0.29) is 0 Å². The summed E-state index contributed by atoms with van der Waals surface area (Å²) in [6.45, 7) is 0. The number of benzene rings is 3.